The van der Waals surface area contributed by atoms with Gasteiger partial charge < -0.3 is 15.4 Å². The van der Waals surface area contributed by atoms with Gasteiger partial charge in [-0.3, -0.25) is 4.79 Å². The minimum Gasteiger partial charge on any atom is -0.379 e. The molecule has 0 saturated carbocycles. The molecule has 1 heterocycles. The molecule has 0 saturated heterocycles. The lowest BCUT2D eigenvalue weighted by Crippen LogP contribution is -2.29. The van der Waals surface area contributed by atoms with Crippen molar-refractivity contribution in [2.24, 2.45) is 0 Å². The van der Waals surface area contributed by atoms with Gasteiger partial charge in [-0.05, 0) is 20.3 Å². The number of ether oxygens (including phenoxy) is 1. The maximum absolute atomic E-state index is 11.7. The molecule has 0 aliphatic heterocycles. The van der Waals surface area contributed by atoms with E-state index >= 15 is 0 Å². The fourth-order valence-electron chi connectivity index (χ4n) is 1.63. The van der Waals surface area contributed by atoms with Crippen LogP contribution < -0.4 is 10.6 Å². The number of nitrogens with zero attached hydrogens (tertiary/aromatic N) is 3. The van der Waals surface area contributed by atoms with Gasteiger partial charge in [0.25, 0.3) is 0 Å². The van der Waals surface area contributed by atoms with Crippen molar-refractivity contribution in [1.29, 1.82) is 0 Å². The first kappa shape index (κ1) is 17.6. The molecule has 0 unspecified atom stereocenters. The third-order valence-electron chi connectivity index (χ3n) is 2.68. The topological polar surface area (TPSA) is 81.1 Å². The highest BCUT2D eigenvalue weighted by molar-refractivity contribution is 5.75. The van der Waals surface area contributed by atoms with Gasteiger partial charge in [0, 0.05) is 25.7 Å². The summed E-state index contributed by atoms with van der Waals surface area (Å²) in [5.41, 5.74) is 0.835. The van der Waals surface area contributed by atoms with Crippen LogP contribution in [0.25, 0.3) is 0 Å². The van der Waals surface area contributed by atoms with E-state index in [1.807, 2.05) is 13.8 Å². The van der Waals surface area contributed by atoms with E-state index in [0.29, 0.717) is 25.7 Å². The summed E-state index contributed by atoms with van der Waals surface area (Å²) >= 11 is 0. The van der Waals surface area contributed by atoms with Gasteiger partial charge in [0.15, 0.2) is 0 Å². The van der Waals surface area contributed by atoms with Crippen LogP contribution in [0.2, 0.25) is 0 Å². The Labute approximate surface area is 126 Å². The molecule has 0 bridgehead atoms. The highest BCUT2D eigenvalue weighted by atomic mass is 16.5. The molecule has 1 rings (SSSR count). The van der Waals surface area contributed by atoms with Crippen LogP contribution in [0.15, 0.2) is 6.20 Å². The molecule has 0 radical (unpaired) electrons. The number of carbonyl (C=O) groups is 1. The summed E-state index contributed by atoms with van der Waals surface area (Å²) in [6.07, 6.45) is 2.83. The molecule has 1 aromatic heterocycles. The van der Waals surface area contributed by atoms with Crippen LogP contribution >= 0.6 is 0 Å². The first-order valence-electron chi connectivity index (χ1n) is 7.48. The van der Waals surface area contributed by atoms with Gasteiger partial charge in [-0.25, -0.2) is 4.68 Å². The molecule has 0 aliphatic rings. The predicted octanol–water partition coefficient (Wildman–Crippen LogP) is 0.707. The molecule has 1 amide bonds. The highest BCUT2D eigenvalue weighted by Crippen LogP contribution is 1.94. The maximum atomic E-state index is 11.7. The monoisotopic (exact) mass is 297 g/mol. The van der Waals surface area contributed by atoms with E-state index in [1.165, 1.54) is 0 Å². The van der Waals surface area contributed by atoms with Crippen LogP contribution in [0.5, 0.6) is 0 Å². The molecule has 0 spiro atoms. The summed E-state index contributed by atoms with van der Waals surface area (Å²) in [6, 6.07) is 0.395. The molecule has 0 fully saturated rings. The van der Waals surface area contributed by atoms with E-state index < -0.39 is 0 Å². The molecule has 7 heteroatoms. The van der Waals surface area contributed by atoms with E-state index in [2.05, 4.69) is 34.8 Å². The summed E-state index contributed by atoms with van der Waals surface area (Å²) in [6.45, 7) is 10.3. The first-order valence-corrected chi connectivity index (χ1v) is 7.48. The average molecular weight is 297 g/mol. The van der Waals surface area contributed by atoms with Crippen LogP contribution in [-0.2, 0) is 22.6 Å². The van der Waals surface area contributed by atoms with Crippen molar-refractivity contribution in [3.63, 3.8) is 0 Å². The number of hydrogen-bond donors (Lipinski definition) is 2. The molecule has 0 aromatic carbocycles. The summed E-state index contributed by atoms with van der Waals surface area (Å²) in [7, 11) is 0. The lowest BCUT2D eigenvalue weighted by molar-refractivity contribution is -0.121. The molecule has 2 N–H and O–H groups in total. The summed E-state index contributed by atoms with van der Waals surface area (Å²) in [4.78, 5) is 11.7. The van der Waals surface area contributed by atoms with Gasteiger partial charge in [-0.15, -0.1) is 5.10 Å². The van der Waals surface area contributed by atoms with Crippen molar-refractivity contribution in [1.82, 2.24) is 25.6 Å². The van der Waals surface area contributed by atoms with Crippen molar-refractivity contribution in [3.8, 4) is 0 Å². The molecule has 0 atom stereocenters. The molecule has 0 aliphatic carbocycles. The number of nitrogens with one attached hydrogen (secondary N) is 2. The van der Waals surface area contributed by atoms with Crippen molar-refractivity contribution < 1.29 is 9.53 Å². The Morgan fingerprint density at radius 1 is 1.38 bits per heavy atom. The standard InChI is InChI=1S/C14H27N5O2/c1-11(2)16-8-13-9-19(18-17-13)10-14(20)15-6-5-7-21-12(3)4/h9,11-12,16H,5-8,10H2,1-4H3,(H,15,20). The lowest BCUT2D eigenvalue weighted by Gasteiger charge is -2.08. The first-order chi connectivity index (χ1) is 9.97. The smallest absolute Gasteiger partial charge is 0.241 e. The number of hydrogen-bond acceptors (Lipinski definition) is 5. The third-order valence-corrected chi connectivity index (χ3v) is 2.68. The zero-order chi connectivity index (χ0) is 15.7. The largest absolute Gasteiger partial charge is 0.379 e. The van der Waals surface area contributed by atoms with Gasteiger partial charge >= 0.3 is 0 Å². The normalized spacial score (nSPS) is 11.3. The quantitative estimate of drug-likeness (QED) is 0.622. The second kappa shape index (κ2) is 9.46. The fourth-order valence-corrected chi connectivity index (χ4v) is 1.63. The van der Waals surface area contributed by atoms with Gasteiger partial charge in [0.1, 0.15) is 6.54 Å². The molecule has 21 heavy (non-hydrogen) atoms. The number of aromatic nitrogens is 3. The average Bonchev–Trinajstić information content (AvgIpc) is 2.83. The number of amides is 1. The second-order valence-corrected chi connectivity index (χ2v) is 5.57. The van der Waals surface area contributed by atoms with Gasteiger partial charge in [-0.1, -0.05) is 19.1 Å². The van der Waals surface area contributed by atoms with Crippen molar-refractivity contribution >= 4 is 5.91 Å². The molecule has 1 aromatic rings. The van der Waals surface area contributed by atoms with Crippen LogP contribution in [0.1, 0.15) is 39.8 Å². The Kier molecular flexibility index (Phi) is 7.92. The molecular formula is C14H27N5O2. The minimum absolute atomic E-state index is 0.0622. The van der Waals surface area contributed by atoms with Crippen molar-refractivity contribution in [2.45, 2.75) is 59.4 Å². The predicted molar refractivity (Wildman–Crippen MR) is 80.7 cm³/mol. The number of rotatable bonds is 10. The Morgan fingerprint density at radius 2 is 2.14 bits per heavy atom. The van der Waals surface area contributed by atoms with E-state index in [0.717, 1.165) is 12.1 Å². The van der Waals surface area contributed by atoms with Crippen molar-refractivity contribution in [2.75, 3.05) is 13.2 Å². The number of carbonyl (C=O) groups excluding carboxylic acids is 1. The van der Waals surface area contributed by atoms with E-state index in [-0.39, 0.29) is 18.6 Å². The second-order valence-electron chi connectivity index (χ2n) is 5.57. The highest BCUT2D eigenvalue weighted by Gasteiger charge is 2.06. The van der Waals surface area contributed by atoms with E-state index in [4.69, 9.17) is 4.74 Å². The summed E-state index contributed by atoms with van der Waals surface area (Å²) in [5, 5.41) is 14.1. The van der Waals surface area contributed by atoms with E-state index in [9.17, 15) is 4.79 Å². The Morgan fingerprint density at radius 3 is 2.81 bits per heavy atom. The summed E-state index contributed by atoms with van der Waals surface area (Å²) in [5.74, 6) is -0.0622. The summed E-state index contributed by atoms with van der Waals surface area (Å²) < 4.78 is 6.96. The Bertz CT molecular complexity index is 417. The van der Waals surface area contributed by atoms with Crippen molar-refractivity contribution in [3.05, 3.63) is 11.9 Å². The molecule has 7 nitrogen and oxygen atoms in total. The van der Waals surface area contributed by atoms with Gasteiger partial charge in [-0.2, -0.15) is 0 Å². The van der Waals surface area contributed by atoms with E-state index in [1.54, 1.807) is 10.9 Å². The van der Waals surface area contributed by atoms with Crippen LogP contribution in [-0.4, -0.2) is 46.2 Å². The third kappa shape index (κ3) is 8.41. The van der Waals surface area contributed by atoms with Gasteiger partial charge in [0.2, 0.25) is 5.91 Å². The zero-order valence-electron chi connectivity index (χ0n) is 13.4. The molecule has 120 valence electrons. The lowest BCUT2D eigenvalue weighted by atomic mass is 10.3. The molecular weight excluding hydrogens is 270 g/mol. The van der Waals surface area contributed by atoms with Crippen LogP contribution in [0, 0.1) is 0 Å². The fraction of sp³-hybridized carbons (Fsp3) is 0.786. The van der Waals surface area contributed by atoms with Crippen LogP contribution in [0.3, 0.4) is 0 Å². The van der Waals surface area contributed by atoms with Gasteiger partial charge in [0.05, 0.1) is 18.0 Å². The Hall–Kier alpha value is -1.47. The maximum Gasteiger partial charge on any atom is 0.241 e. The minimum atomic E-state index is -0.0622. The van der Waals surface area contributed by atoms with Crippen LogP contribution in [0.4, 0.5) is 0 Å². The SMILES string of the molecule is CC(C)NCc1cn(CC(=O)NCCCOC(C)C)nn1. The zero-order valence-corrected chi connectivity index (χ0v) is 13.4. The Balaban J connectivity index is 2.19.